The van der Waals surface area contributed by atoms with Gasteiger partial charge in [0.15, 0.2) is 0 Å². The number of fused-ring (bicyclic) bond motifs is 1. The lowest BCUT2D eigenvalue weighted by atomic mass is 9.91. The van der Waals surface area contributed by atoms with Crippen molar-refractivity contribution in [3.05, 3.63) is 54.9 Å². The second kappa shape index (κ2) is 6.08. The molecule has 3 aliphatic rings. The highest BCUT2D eigenvalue weighted by molar-refractivity contribution is 8.04. The van der Waals surface area contributed by atoms with E-state index in [1.54, 1.807) is 6.92 Å². The molecule has 0 aromatic heterocycles. The lowest BCUT2D eigenvalue weighted by Gasteiger charge is -2.43. The number of carbonyl (C=O) groups is 2. The van der Waals surface area contributed by atoms with Crippen LogP contribution in [0.2, 0.25) is 0 Å². The SMILES string of the molecule is C=CCOC(=O)C1=C([C]2[CH][CH][CH][CH]2)S[C@@H]2[C@@H]([C@@H](C)O)C(=O)N12. The van der Waals surface area contributed by atoms with E-state index in [-0.39, 0.29) is 23.6 Å². The third-order valence-electron chi connectivity index (χ3n) is 3.75. The third kappa shape index (κ3) is 2.38. The Hall–Kier alpha value is -1.27. The molecule has 3 atom stereocenters. The zero-order valence-electron chi connectivity index (χ0n) is 12.1. The average molecular weight is 318 g/mol. The van der Waals surface area contributed by atoms with Gasteiger partial charge in [-0.2, -0.15) is 0 Å². The molecule has 0 spiro atoms. The van der Waals surface area contributed by atoms with Crippen molar-refractivity contribution in [2.45, 2.75) is 18.4 Å². The molecule has 1 N–H and O–H groups in total. The van der Waals surface area contributed by atoms with E-state index >= 15 is 0 Å². The molecular formula is C16H16NO4S. The molecule has 0 unspecified atom stereocenters. The summed E-state index contributed by atoms with van der Waals surface area (Å²) in [6.07, 6.45) is 8.26. The normalized spacial score (nSPS) is 29.4. The van der Waals surface area contributed by atoms with Crippen LogP contribution in [0.15, 0.2) is 23.3 Å². The molecule has 115 valence electrons. The number of nitrogens with zero attached hydrogens (tertiary/aromatic N) is 1. The number of amides is 1. The smallest absolute Gasteiger partial charge is 0.356 e. The van der Waals surface area contributed by atoms with Crippen LogP contribution in [0.4, 0.5) is 0 Å². The number of allylic oxidation sites excluding steroid dienone is 1. The molecule has 0 bridgehead atoms. The van der Waals surface area contributed by atoms with Crippen LogP contribution in [-0.2, 0) is 14.3 Å². The number of hydrogen-bond donors (Lipinski definition) is 1. The van der Waals surface area contributed by atoms with Crippen molar-refractivity contribution in [2.75, 3.05) is 6.61 Å². The maximum Gasteiger partial charge on any atom is 0.356 e. The molecular weight excluding hydrogens is 302 g/mol. The molecule has 0 aromatic carbocycles. The number of carbonyl (C=O) groups excluding carboxylic acids is 2. The first-order chi connectivity index (χ1) is 10.6. The Morgan fingerprint density at radius 3 is 2.82 bits per heavy atom. The van der Waals surface area contributed by atoms with Crippen LogP contribution in [0.1, 0.15) is 6.92 Å². The molecule has 2 fully saturated rings. The maximum atomic E-state index is 12.3. The van der Waals surface area contributed by atoms with Crippen molar-refractivity contribution in [2.24, 2.45) is 5.92 Å². The molecule has 3 rings (SSSR count). The molecule has 0 aromatic rings. The van der Waals surface area contributed by atoms with Crippen molar-refractivity contribution in [3.8, 4) is 0 Å². The van der Waals surface area contributed by atoms with Gasteiger partial charge in [0.05, 0.1) is 12.0 Å². The maximum absolute atomic E-state index is 12.3. The summed E-state index contributed by atoms with van der Waals surface area (Å²) in [4.78, 5) is 26.8. The van der Waals surface area contributed by atoms with Crippen molar-refractivity contribution in [1.29, 1.82) is 0 Å². The monoisotopic (exact) mass is 318 g/mol. The minimum Gasteiger partial charge on any atom is -0.457 e. The van der Waals surface area contributed by atoms with E-state index in [2.05, 4.69) is 6.58 Å². The van der Waals surface area contributed by atoms with Crippen molar-refractivity contribution < 1.29 is 19.4 Å². The van der Waals surface area contributed by atoms with Crippen LogP contribution in [0.3, 0.4) is 0 Å². The summed E-state index contributed by atoms with van der Waals surface area (Å²) in [6.45, 7) is 5.20. The van der Waals surface area contributed by atoms with Crippen molar-refractivity contribution in [3.63, 3.8) is 0 Å². The number of aliphatic hydroxyl groups is 1. The molecule has 1 aliphatic carbocycles. The van der Waals surface area contributed by atoms with E-state index in [0.717, 1.165) is 10.8 Å². The van der Waals surface area contributed by atoms with Crippen LogP contribution < -0.4 is 0 Å². The van der Waals surface area contributed by atoms with E-state index < -0.39 is 18.0 Å². The summed E-state index contributed by atoms with van der Waals surface area (Å²) in [6, 6.07) is 0. The quantitative estimate of drug-likeness (QED) is 0.469. The lowest BCUT2D eigenvalue weighted by molar-refractivity contribution is -0.157. The predicted molar refractivity (Wildman–Crippen MR) is 82.0 cm³/mol. The summed E-state index contributed by atoms with van der Waals surface area (Å²) in [7, 11) is 0. The highest BCUT2D eigenvalue weighted by atomic mass is 32.2. The average Bonchev–Trinajstić information content (AvgIpc) is 3.09. The number of thioether (sulfide) groups is 1. The van der Waals surface area contributed by atoms with Gasteiger partial charge in [-0.25, -0.2) is 4.79 Å². The lowest BCUT2D eigenvalue weighted by Crippen LogP contribution is -2.60. The Bertz CT molecular complexity index is 536. The van der Waals surface area contributed by atoms with Gasteiger partial charge in [0.25, 0.3) is 0 Å². The van der Waals surface area contributed by atoms with Gasteiger partial charge in [-0.05, 0) is 32.6 Å². The fraction of sp³-hybridized carbons (Fsp3) is 0.312. The van der Waals surface area contributed by atoms with Crippen LogP contribution in [-0.4, -0.2) is 40.0 Å². The standard InChI is InChI=1S/C16H16NO4S/c1-3-8-21-16(20)12-13(10-6-4-5-7-10)22-15-11(9(2)18)14(19)17(12)15/h3-7,9,11,15,18H,1,8H2,2H3/t9-,11+,15-/m1/s1. The van der Waals surface area contributed by atoms with E-state index in [9.17, 15) is 14.7 Å². The van der Waals surface area contributed by atoms with E-state index in [4.69, 9.17) is 4.74 Å². The van der Waals surface area contributed by atoms with Gasteiger partial charge < -0.3 is 9.84 Å². The second-order valence-electron chi connectivity index (χ2n) is 5.22. The van der Waals surface area contributed by atoms with E-state index in [1.165, 1.54) is 22.7 Å². The number of β-lactam (4-membered cyclic amide) rings is 1. The highest BCUT2D eigenvalue weighted by Gasteiger charge is 2.58. The first-order valence-electron chi connectivity index (χ1n) is 6.98. The Labute approximate surface area is 134 Å². The largest absolute Gasteiger partial charge is 0.457 e. The Morgan fingerprint density at radius 2 is 2.23 bits per heavy atom. The molecule has 1 saturated carbocycles. The summed E-state index contributed by atoms with van der Waals surface area (Å²) < 4.78 is 5.12. The van der Waals surface area contributed by atoms with E-state index in [1.807, 2.05) is 25.7 Å². The highest BCUT2D eigenvalue weighted by Crippen LogP contribution is 2.55. The van der Waals surface area contributed by atoms with Gasteiger partial charge in [-0.3, -0.25) is 9.69 Å². The summed E-state index contributed by atoms with van der Waals surface area (Å²) in [5.41, 5.74) is 0.268. The molecule has 2 heterocycles. The molecule has 1 amide bonds. The third-order valence-corrected chi connectivity index (χ3v) is 5.16. The van der Waals surface area contributed by atoms with Crippen LogP contribution in [0.5, 0.6) is 0 Å². The summed E-state index contributed by atoms with van der Waals surface area (Å²) in [5, 5.41) is 9.52. The number of esters is 1. The molecule has 5 nitrogen and oxygen atoms in total. The zero-order valence-corrected chi connectivity index (χ0v) is 12.9. The molecule has 5 radical (unpaired) electrons. The second-order valence-corrected chi connectivity index (χ2v) is 6.35. The number of hydrogen-bond acceptors (Lipinski definition) is 5. The molecule has 2 aliphatic heterocycles. The van der Waals surface area contributed by atoms with Gasteiger partial charge in [0, 0.05) is 10.8 Å². The van der Waals surface area contributed by atoms with Gasteiger partial charge in [-0.15, -0.1) is 11.8 Å². The van der Waals surface area contributed by atoms with Crippen LogP contribution >= 0.6 is 11.8 Å². The van der Waals surface area contributed by atoms with Crippen LogP contribution in [0.25, 0.3) is 0 Å². The van der Waals surface area contributed by atoms with Crippen molar-refractivity contribution >= 4 is 23.6 Å². The Kier molecular flexibility index (Phi) is 4.32. The molecule has 22 heavy (non-hydrogen) atoms. The number of ether oxygens (including phenoxy) is 1. The molecule has 1 saturated heterocycles. The van der Waals surface area contributed by atoms with Gasteiger partial charge in [0.1, 0.15) is 17.7 Å². The van der Waals surface area contributed by atoms with Crippen molar-refractivity contribution in [1.82, 2.24) is 4.90 Å². The first-order valence-corrected chi connectivity index (χ1v) is 7.86. The topological polar surface area (TPSA) is 66.8 Å². The zero-order chi connectivity index (χ0) is 15.9. The minimum absolute atomic E-state index is 0.0911. The number of rotatable bonds is 5. The van der Waals surface area contributed by atoms with Gasteiger partial charge in [-0.1, -0.05) is 12.7 Å². The van der Waals surface area contributed by atoms with Gasteiger partial charge >= 0.3 is 5.97 Å². The predicted octanol–water partition coefficient (Wildman–Crippen LogP) is 1.24. The first kappa shape index (κ1) is 15.6. The summed E-state index contributed by atoms with van der Waals surface area (Å²) >= 11 is 1.43. The number of aliphatic hydroxyl groups excluding tert-OH is 1. The minimum atomic E-state index is -0.745. The van der Waals surface area contributed by atoms with Crippen LogP contribution in [0, 0.1) is 37.5 Å². The Morgan fingerprint density at radius 1 is 1.55 bits per heavy atom. The van der Waals surface area contributed by atoms with E-state index in [0.29, 0.717) is 0 Å². The van der Waals surface area contributed by atoms with Gasteiger partial charge in [0.2, 0.25) is 5.91 Å². The molecule has 6 heteroatoms. The fourth-order valence-corrected chi connectivity index (χ4v) is 4.32. The fourth-order valence-electron chi connectivity index (χ4n) is 2.70. The summed E-state index contributed by atoms with van der Waals surface area (Å²) in [5.74, 6) is -0.384. The Balaban J connectivity index is 1.88.